The normalized spacial score (nSPS) is 12.8. The Labute approximate surface area is 505 Å². The topological polar surface area (TPSA) is 142 Å². The molecule has 0 unspecified atom stereocenters. The van der Waals surface area contributed by atoms with Crippen molar-refractivity contribution in [1.82, 2.24) is 0 Å². The second-order valence-corrected chi connectivity index (χ2v) is 26.6. The Morgan fingerprint density at radius 2 is 0.464 bits per heavy atom. The summed E-state index contributed by atoms with van der Waals surface area (Å²) in [5.74, 6) is 2.37. The van der Waals surface area contributed by atoms with Crippen LogP contribution in [0.25, 0.3) is 0 Å². The Kier molecular flexibility index (Phi) is 26.1. The predicted molar refractivity (Wildman–Crippen MR) is 336 cm³/mol. The zero-order chi connectivity index (χ0) is 61.8. The number of fused-ring (bicyclic) bond motifs is 8. The van der Waals surface area contributed by atoms with Crippen LogP contribution in [-0.2, 0) is 85.5 Å². The molecule has 12 heteroatoms. The Morgan fingerprint density at radius 3 is 0.607 bits per heavy atom. The van der Waals surface area contributed by atoms with Crippen molar-refractivity contribution < 1.29 is 57.1 Å². The molecule has 0 N–H and O–H groups in total. The summed E-state index contributed by atoms with van der Waals surface area (Å²) in [4.78, 5) is 50.2. The molecule has 0 spiro atoms. The third-order valence-corrected chi connectivity index (χ3v) is 15.3. The number of unbranched alkanes of at least 4 members (excludes halogenated alkanes) is 4. The minimum atomic E-state index is -0.251. The standard InChI is InChI=1S/C72H104O12/c1-17-77-61(73)29-21-25-33-81-65-49-37-51-43-58(70(8,9)10)45-53(66(51)82-34-26-22-30-62(74)78-18-2)39-55-47-60(72(14,15)16)48-56(68(55)84-36-28-24-32-64(76)80-20-4)40-54-46-59(71(11,12)13)44-52(38-50(65)42-57(41-49)69(5,6)7)67(54)83-35-27-23-31-63(75)79-19-3/h41-48H,17-40H2,1-16H3. The number of rotatable bonds is 28. The maximum Gasteiger partial charge on any atom is 0.305 e. The molecular formula is C72H104O12. The van der Waals surface area contributed by atoms with Crippen molar-refractivity contribution in [3.05, 3.63) is 115 Å². The molecule has 0 aromatic heterocycles. The van der Waals surface area contributed by atoms with Gasteiger partial charge in [-0.3, -0.25) is 19.2 Å². The van der Waals surface area contributed by atoms with Gasteiger partial charge in [0.15, 0.2) is 0 Å². The van der Waals surface area contributed by atoms with Crippen LogP contribution in [0.5, 0.6) is 23.0 Å². The van der Waals surface area contributed by atoms with Crippen molar-refractivity contribution in [2.24, 2.45) is 0 Å². The molecule has 0 atom stereocenters. The average Bonchev–Trinajstić information content (AvgIpc) is 2.01. The zero-order valence-corrected chi connectivity index (χ0v) is 54.5. The molecule has 0 fully saturated rings. The van der Waals surface area contributed by atoms with E-state index in [1.54, 1.807) is 0 Å². The van der Waals surface area contributed by atoms with Gasteiger partial charge in [-0.15, -0.1) is 0 Å². The summed E-state index contributed by atoms with van der Waals surface area (Å²) >= 11 is 0. The molecule has 12 nitrogen and oxygen atoms in total. The van der Waals surface area contributed by atoms with Crippen molar-refractivity contribution in [2.45, 2.75) is 235 Å². The number of benzene rings is 4. The fourth-order valence-corrected chi connectivity index (χ4v) is 10.5. The van der Waals surface area contributed by atoms with Crippen molar-refractivity contribution >= 4 is 23.9 Å². The predicted octanol–water partition coefficient (Wildman–Crippen LogP) is 16.0. The van der Waals surface area contributed by atoms with E-state index in [9.17, 15) is 19.2 Å². The molecule has 0 radical (unpaired) electrons. The van der Waals surface area contributed by atoms with Crippen LogP contribution in [0.15, 0.2) is 48.5 Å². The van der Waals surface area contributed by atoms with Crippen LogP contribution < -0.4 is 18.9 Å². The lowest BCUT2D eigenvalue weighted by molar-refractivity contribution is -0.144. The Bertz CT molecular complexity index is 2340. The van der Waals surface area contributed by atoms with E-state index in [0.717, 1.165) is 67.5 Å². The van der Waals surface area contributed by atoms with Crippen LogP contribution >= 0.6 is 0 Å². The van der Waals surface area contributed by atoms with Crippen LogP contribution in [0.3, 0.4) is 0 Å². The molecule has 84 heavy (non-hydrogen) atoms. The molecule has 0 saturated heterocycles. The lowest BCUT2D eigenvalue weighted by Crippen LogP contribution is -2.18. The van der Waals surface area contributed by atoms with Crippen LogP contribution in [0, 0.1) is 0 Å². The summed E-state index contributed by atoms with van der Waals surface area (Å²) in [7, 11) is 0. The second-order valence-electron chi connectivity index (χ2n) is 26.6. The quantitative estimate of drug-likeness (QED) is 0.0267. The van der Waals surface area contributed by atoms with E-state index in [0.29, 0.717) is 156 Å². The van der Waals surface area contributed by atoms with Crippen LogP contribution in [-0.4, -0.2) is 76.7 Å². The lowest BCUT2D eigenvalue weighted by atomic mass is 9.79. The number of carbonyl (C=O) groups excluding carboxylic acids is 4. The SMILES string of the molecule is CCOC(=O)CCCCOc1c2cc(C(C)(C)C)cc1Cc1cc(C(C)(C)C)cc(c1OCCCCC(=O)OCC)Cc1cc(C(C)(C)C)cc(c1OCCCCC(=O)OCC)Cc1cc(C(C)(C)C)cc(c1OCCCCC(=O)OCC)C2. The van der Waals surface area contributed by atoms with E-state index in [1.807, 2.05) is 27.7 Å². The van der Waals surface area contributed by atoms with E-state index < -0.39 is 0 Å². The molecule has 0 amide bonds. The molecule has 4 aromatic carbocycles. The van der Waals surface area contributed by atoms with Crippen LogP contribution in [0.1, 0.15) is 255 Å². The minimum absolute atomic E-state index is 0.210. The second kappa shape index (κ2) is 31.9. The number of carbonyl (C=O) groups is 4. The summed E-state index contributed by atoms with van der Waals surface area (Å²) in [5.41, 5.74) is 11.9. The van der Waals surface area contributed by atoms with Crippen molar-refractivity contribution in [2.75, 3.05) is 52.9 Å². The van der Waals surface area contributed by atoms with E-state index in [-0.39, 0.29) is 45.5 Å². The molecule has 4 aromatic rings. The number of ether oxygens (including phenoxy) is 8. The summed E-state index contributed by atoms with van der Waals surface area (Å²) in [6, 6.07) is 18.5. The van der Waals surface area contributed by atoms with Gasteiger partial charge >= 0.3 is 23.9 Å². The number of esters is 4. The Balaban J connectivity index is 1.90. The van der Waals surface area contributed by atoms with Gasteiger partial charge in [-0.05, 0) is 167 Å². The molecule has 0 saturated carbocycles. The molecule has 1 aliphatic rings. The largest absolute Gasteiger partial charge is 0.493 e. The fraction of sp³-hybridized carbons (Fsp3) is 0.611. The molecule has 1 aliphatic carbocycles. The van der Waals surface area contributed by atoms with Crippen molar-refractivity contribution in [3.8, 4) is 23.0 Å². The van der Waals surface area contributed by atoms with Gasteiger partial charge in [0, 0.05) is 51.4 Å². The first-order valence-corrected chi connectivity index (χ1v) is 31.4. The summed E-state index contributed by atoms with van der Waals surface area (Å²) in [6.07, 6.45) is 8.27. The smallest absolute Gasteiger partial charge is 0.305 e. The third-order valence-electron chi connectivity index (χ3n) is 15.3. The monoisotopic (exact) mass is 1160 g/mol. The summed E-state index contributed by atoms with van der Waals surface area (Å²) < 4.78 is 49.9. The van der Waals surface area contributed by atoms with E-state index in [1.165, 1.54) is 22.3 Å². The average molecular weight is 1160 g/mol. The molecule has 0 heterocycles. The van der Waals surface area contributed by atoms with Gasteiger partial charge < -0.3 is 37.9 Å². The van der Waals surface area contributed by atoms with Crippen molar-refractivity contribution in [3.63, 3.8) is 0 Å². The van der Waals surface area contributed by atoms with Gasteiger partial charge in [-0.1, -0.05) is 132 Å². The summed E-state index contributed by atoms with van der Waals surface area (Å²) in [5, 5.41) is 0. The van der Waals surface area contributed by atoms with Gasteiger partial charge in [-0.25, -0.2) is 0 Å². The highest BCUT2D eigenvalue weighted by Gasteiger charge is 2.30. The molecule has 0 aliphatic heterocycles. The first kappa shape index (κ1) is 68.7. The highest BCUT2D eigenvalue weighted by atomic mass is 16.5. The van der Waals surface area contributed by atoms with E-state index in [4.69, 9.17) is 37.9 Å². The first-order chi connectivity index (χ1) is 39.7. The maximum absolute atomic E-state index is 12.5. The van der Waals surface area contributed by atoms with Crippen molar-refractivity contribution in [1.29, 1.82) is 0 Å². The van der Waals surface area contributed by atoms with Gasteiger partial charge in [0.2, 0.25) is 0 Å². The maximum atomic E-state index is 12.5. The Hall–Kier alpha value is -6.04. The Morgan fingerprint density at radius 1 is 0.298 bits per heavy atom. The third kappa shape index (κ3) is 21.2. The lowest BCUT2D eigenvalue weighted by Gasteiger charge is -2.29. The van der Waals surface area contributed by atoms with Crippen LogP contribution in [0.4, 0.5) is 0 Å². The zero-order valence-electron chi connectivity index (χ0n) is 54.5. The molecule has 8 bridgehead atoms. The summed E-state index contributed by atoms with van der Waals surface area (Å²) in [6.45, 7) is 37.3. The molecule has 5 rings (SSSR count). The van der Waals surface area contributed by atoms with E-state index in [2.05, 4.69) is 132 Å². The number of hydrogen-bond acceptors (Lipinski definition) is 12. The van der Waals surface area contributed by atoms with Gasteiger partial charge in [0.05, 0.1) is 52.9 Å². The fourth-order valence-electron chi connectivity index (χ4n) is 10.5. The van der Waals surface area contributed by atoms with Gasteiger partial charge in [0.25, 0.3) is 0 Å². The molecule has 464 valence electrons. The first-order valence-electron chi connectivity index (χ1n) is 31.4. The van der Waals surface area contributed by atoms with E-state index >= 15 is 0 Å². The minimum Gasteiger partial charge on any atom is -0.493 e. The van der Waals surface area contributed by atoms with Crippen LogP contribution in [0.2, 0.25) is 0 Å². The van der Waals surface area contributed by atoms with Gasteiger partial charge in [-0.2, -0.15) is 0 Å². The highest BCUT2D eigenvalue weighted by molar-refractivity contribution is 5.70. The molecular weight excluding hydrogens is 1060 g/mol. The highest BCUT2D eigenvalue weighted by Crippen LogP contribution is 2.45. The van der Waals surface area contributed by atoms with Gasteiger partial charge in [0.1, 0.15) is 23.0 Å². The number of hydrogen-bond donors (Lipinski definition) is 0.